The fourth-order valence-corrected chi connectivity index (χ4v) is 2.42. The maximum Gasteiger partial charge on any atom is 0.241 e. The first-order chi connectivity index (χ1) is 9.88. The van der Waals surface area contributed by atoms with Gasteiger partial charge in [-0.2, -0.15) is 0 Å². The highest BCUT2D eigenvalue weighted by Gasteiger charge is 2.21. The standard InChI is InChI=1S/C12H13F2N3O3S/c13-9-6-10(14)12(11(7-9)21(15,18)19)20-5-1-3-17-4-2-16-8-17/h2,4,6-8H,1,3,5H2,(H2,15,18,19). The van der Waals surface area contributed by atoms with Crippen LogP contribution in [0.4, 0.5) is 8.78 Å². The molecule has 114 valence electrons. The summed E-state index contributed by atoms with van der Waals surface area (Å²) in [7, 11) is -4.28. The molecular formula is C12H13F2N3O3S. The molecule has 21 heavy (non-hydrogen) atoms. The van der Waals surface area contributed by atoms with Crippen LogP contribution >= 0.6 is 0 Å². The molecule has 1 aromatic heterocycles. The van der Waals surface area contributed by atoms with Gasteiger partial charge in [0.2, 0.25) is 10.0 Å². The number of rotatable bonds is 6. The van der Waals surface area contributed by atoms with Gasteiger partial charge in [-0.25, -0.2) is 27.3 Å². The average Bonchev–Trinajstić information content (AvgIpc) is 2.87. The third kappa shape index (κ3) is 3.99. The molecule has 6 nitrogen and oxygen atoms in total. The van der Waals surface area contributed by atoms with E-state index in [4.69, 9.17) is 9.88 Å². The average molecular weight is 317 g/mol. The van der Waals surface area contributed by atoms with Gasteiger partial charge in [0.1, 0.15) is 10.7 Å². The number of nitrogens with zero attached hydrogens (tertiary/aromatic N) is 2. The lowest BCUT2D eigenvalue weighted by molar-refractivity contribution is 0.278. The number of halogens is 2. The molecular weight excluding hydrogens is 304 g/mol. The smallest absolute Gasteiger partial charge is 0.241 e. The van der Waals surface area contributed by atoms with Crippen molar-refractivity contribution in [2.24, 2.45) is 5.14 Å². The van der Waals surface area contributed by atoms with Crippen molar-refractivity contribution >= 4 is 10.0 Å². The summed E-state index contributed by atoms with van der Waals surface area (Å²) in [5.74, 6) is -2.71. The summed E-state index contributed by atoms with van der Waals surface area (Å²) in [5.41, 5.74) is 0. The number of sulfonamides is 1. The number of aromatic nitrogens is 2. The quantitative estimate of drug-likeness (QED) is 0.813. The number of ether oxygens (including phenoxy) is 1. The minimum absolute atomic E-state index is 0.0449. The number of aryl methyl sites for hydroxylation is 1. The maximum atomic E-state index is 13.6. The molecule has 2 N–H and O–H groups in total. The van der Waals surface area contributed by atoms with E-state index in [-0.39, 0.29) is 6.61 Å². The lowest BCUT2D eigenvalue weighted by atomic mass is 10.3. The Morgan fingerprint density at radius 1 is 1.33 bits per heavy atom. The van der Waals surface area contributed by atoms with Crippen LogP contribution in [-0.4, -0.2) is 24.6 Å². The van der Waals surface area contributed by atoms with Crippen LogP contribution in [-0.2, 0) is 16.6 Å². The summed E-state index contributed by atoms with van der Waals surface area (Å²) in [5, 5.41) is 4.92. The second kappa shape index (κ2) is 6.19. The third-order valence-electron chi connectivity index (χ3n) is 2.65. The summed E-state index contributed by atoms with van der Waals surface area (Å²) < 4.78 is 56.3. The molecule has 2 rings (SSSR count). The van der Waals surface area contributed by atoms with Gasteiger partial charge in [0.05, 0.1) is 12.9 Å². The molecule has 0 bridgehead atoms. The molecule has 0 saturated carbocycles. The minimum Gasteiger partial charge on any atom is -0.489 e. The molecule has 9 heteroatoms. The number of nitrogens with two attached hydrogens (primary N) is 1. The highest BCUT2D eigenvalue weighted by atomic mass is 32.2. The van der Waals surface area contributed by atoms with Crippen LogP contribution < -0.4 is 9.88 Å². The van der Waals surface area contributed by atoms with Gasteiger partial charge in [-0.1, -0.05) is 0 Å². The van der Waals surface area contributed by atoms with Crippen molar-refractivity contribution in [2.75, 3.05) is 6.61 Å². The van der Waals surface area contributed by atoms with Crippen molar-refractivity contribution in [1.29, 1.82) is 0 Å². The van der Waals surface area contributed by atoms with Crippen LogP contribution in [0, 0.1) is 11.6 Å². The molecule has 0 unspecified atom stereocenters. The molecule has 0 atom stereocenters. The number of benzene rings is 1. The van der Waals surface area contributed by atoms with Gasteiger partial charge < -0.3 is 9.30 Å². The molecule has 1 aromatic carbocycles. The monoisotopic (exact) mass is 317 g/mol. The first-order valence-corrected chi connectivity index (χ1v) is 7.53. The van der Waals surface area contributed by atoms with Crippen molar-refractivity contribution in [3.05, 3.63) is 42.5 Å². The Labute approximate surface area is 120 Å². The number of primary sulfonamides is 1. The van der Waals surface area contributed by atoms with E-state index in [1.807, 2.05) is 0 Å². The number of hydrogen-bond donors (Lipinski definition) is 1. The van der Waals surface area contributed by atoms with Crippen LogP contribution in [0.2, 0.25) is 0 Å². The van der Waals surface area contributed by atoms with Crippen LogP contribution in [0.3, 0.4) is 0 Å². The van der Waals surface area contributed by atoms with Gasteiger partial charge in [-0.15, -0.1) is 0 Å². The first-order valence-electron chi connectivity index (χ1n) is 5.98. The minimum atomic E-state index is -4.28. The van der Waals surface area contributed by atoms with Crippen LogP contribution in [0.15, 0.2) is 35.7 Å². The van der Waals surface area contributed by atoms with E-state index in [0.29, 0.717) is 25.1 Å². The van der Waals surface area contributed by atoms with E-state index in [2.05, 4.69) is 4.98 Å². The highest BCUT2D eigenvalue weighted by molar-refractivity contribution is 7.89. The molecule has 1 heterocycles. The van der Waals surface area contributed by atoms with E-state index in [9.17, 15) is 17.2 Å². The Kier molecular flexibility index (Phi) is 4.53. The lowest BCUT2D eigenvalue weighted by Crippen LogP contribution is -2.16. The maximum absolute atomic E-state index is 13.6. The van der Waals surface area contributed by atoms with Gasteiger partial charge in [0.15, 0.2) is 11.6 Å². The molecule has 0 aliphatic rings. The van der Waals surface area contributed by atoms with E-state index in [1.54, 1.807) is 23.3 Å². The molecule has 0 aliphatic carbocycles. The summed E-state index contributed by atoms with van der Waals surface area (Å²) in [6, 6.07) is 1.17. The topological polar surface area (TPSA) is 87.2 Å². The largest absolute Gasteiger partial charge is 0.489 e. The zero-order valence-corrected chi connectivity index (χ0v) is 11.7. The number of hydrogen-bond acceptors (Lipinski definition) is 4. The number of imidazole rings is 1. The summed E-state index contributed by atoms with van der Waals surface area (Å²) >= 11 is 0. The molecule has 2 aromatic rings. The molecule has 0 aliphatic heterocycles. The summed E-state index contributed by atoms with van der Waals surface area (Å²) in [6.07, 6.45) is 5.44. The lowest BCUT2D eigenvalue weighted by Gasteiger charge is -2.11. The molecule has 0 spiro atoms. The molecule has 0 radical (unpaired) electrons. The van der Waals surface area contributed by atoms with Gasteiger partial charge in [-0.3, -0.25) is 0 Å². The van der Waals surface area contributed by atoms with Crippen molar-refractivity contribution < 1.29 is 21.9 Å². The predicted molar refractivity (Wildman–Crippen MR) is 70.1 cm³/mol. The van der Waals surface area contributed by atoms with Gasteiger partial charge in [0.25, 0.3) is 0 Å². The van der Waals surface area contributed by atoms with Gasteiger partial charge in [-0.05, 0) is 12.5 Å². The Bertz CT molecular complexity index is 718. The Morgan fingerprint density at radius 3 is 2.71 bits per heavy atom. The fraction of sp³-hybridized carbons (Fsp3) is 0.250. The van der Waals surface area contributed by atoms with Crippen LogP contribution in [0.25, 0.3) is 0 Å². The van der Waals surface area contributed by atoms with E-state index >= 15 is 0 Å². The second-order valence-corrected chi connectivity index (χ2v) is 5.79. The fourth-order valence-electron chi connectivity index (χ4n) is 1.73. The van der Waals surface area contributed by atoms with Crippen molar-refractivity contribution in [3.63, 3.8) is 0 Å². The van der Waals surface area contributed by atoms with Crippen molar-refractivity contribution in [2.45, 2.75) is 17.9 Å². The van der Waals surface area contributed by atoms with Crippen LogP contribution in [0.5, 0.6) is 5.75 Å². The van der Waals surface area contributed by atoms with Crippen molar-refractivity contribution in [1.82, 2.24) is 9.55 Å². The Morgan fingerprint density at radius 2 is 2.10 bits per heavy atom. The Hall–Kier alpha value is -2.00. The van der Waals surface area contributed by atoms with E-state index in [1.165, 1.54) is 0 Å². The second-order valence-electron chi connectivity index (χ2n) is 4.26. The van der Waals surface area contributed by atoms with Gasteiger partial charge >= 0.3 is 0 Å². The summed E-state index contributed by atoms with van der Waals surface area (Å²) in [4.78, 5) is 3.15. The normalized spacial score (nSPS) is 11.6. The van der Waals surface area contributed by atoms with E-state index < -0.39 is 32.3 Å². The zero-order valence-electron chi connectivity index (χ0n) is 10.9. The highest BCUT2D eigenvalue weighted by Crippen LogP contribution is 2.27. The van der Waals surface area contributed by atoms with E-state index in [0.717, 1.165) is 0 Å². The first kappa shape index (κ1) is 15.4. The molecule has 0 amide bonds. The third-order valence-corrected chi connectivity index (χ3v) is 3.56. The molecule has 0 fully saturated rings. The Balaban J connectivity index is 2.08. The van der Waals surface area contributed by atoms with Gasteiger partial charge in [0, 0.05) is 25.0 Å². The zero-order chi connectivity index (χ0) is 15.5. The predicted octanol–water partition coefficient (Wildman–Crippen LogP) is 1.28. The SMILES string of the molecule is NS(=O)(=O)c1cc(F)cc(F)c1OCCCn1ccnc1. The van der Waals surface area contributed by atoms with Crippen molar-refractivity contribution in [3.8, 4) is 5.75 Å². The molecule has 0 saturated heterocycles. The van der Waals surface area contributed by atoms with Crippen LogP contribution in [0.1, 0.15) is 6.42 Å². The summed E-state index contributed by atoms with van der Waals surface area (Å²) in [6.45, 7) is 0.608.